The third-order valence-electron chi connectivity index (χ3n) is 7.88. The van der Waals surface area contributed by atoms with Crippen LogP contribution in [-0.2, 0) is 14.6 Å². The Morgan fingerprint density at radius 3 is 2.57 bits per heavy atom. The lowest BCUT2D eigenvalue weighted by Crippen LogP contribution is -2.44. The van der Waals surface area contributed by atoms with E-state index < -0.39 is 21.8 Å². The Labute approximate surface area is 218 Å². The quantitative estimate of drug-likeness (QED) is 0.497. The van der Waals surface area contributed by atoms with E-state index in [9.17, 15) is 22.7 Å². The number of aromatic nitrogens is 2. The van der Waals surface area contributed by atoms with Gasteiger partial charge in [-0.2, -0.15) is 0 Å². The molecule has 2 aliphatic rings. The summed E-state index contributed by atoms with van der Waals surface area (Å²) in [6.07, 6.45) is 6.59. The van der Waals surface area contributed by atoms with Crippen LogP contribution in [0, 0.1) is 23.6 Å². The molecule has 1 aromatic heterocycles. The van der Waals surface area contributed by atoms with Crippen molar-refractivity contribution in [1.29, 1.82) is 0 Å². The molecule has 0 amide bonds. The smallest absolute Gasteiger partial charge is 0.321 e. The van der Waals surface area contributed by atoms with Crippen LogP contribution in [0.25, 0.3) is 0 Å². The van der Waals surface area contributed by atoms with Crippen LogP contribution in [0.5, 0.6) is 0 Å². The van der Waals surface area contributed by atoms with Crippen molar-refractivity contribution in [2.75, 3.05) is 38.5 Å². The summed E-state index contributed by atoms with van der Waals surface area (Å²) in [6, 6.07) is 6.12. The molecular formula is C27H37FN4O4S. The highest BCUT2D eigenvalue weighted by molar-refractivity contribution is 7.91. The first kappa shape index (κ1) is 27.6. The number of aliphatic carboxylic acids is 1. The van der Waals surface area contributed by atoms with Crippen molar-refractivity contribution >= 4 is 15.8 Å². The van der Waals surface area contributed by atoms with Crippen molar-refractivity contribution in [3.8, 4) is 0 Å². The highest BCUT2D eigenvalue weighted by Gasteiger charge is 2.41. The number of carboxylic acids is 1. The molecular weight excluding hydrogens is 495 g/mol. The second kappa shape index (κ2) is 12.0. The summed E-state index contributed by atoms with van der Waals surface area (Å²) in [7, 11) is -3.43. The molecule has 0 spiro atoms. The van der Waals surface area contributed by atoms with Gasteiger partial charge in [0.1, 0.15) is 11.9 Å². The number of carboxylic acid groups (broad SMARTS) is 1. The van der Waals surface area contributed by atoms with Crippen LogP contribution in [-0.4, -0.2) is 83.8 Å². The number of rotatable bonds is 10. The van der Waals surface area contributed by atoms with Crippen LogP contribution < -0.4 is 0 Å². The molecule has 10 heteroatoms. The van der Waals surface area contributed by atoms with Gasteiger partial charge in [0.25, 0.3) is 0 Å². The van der Waals surface area contributed by atoms with Gasteiger partial charge in [-0.05, 0) is 67.8 Å². The van der Waals surface area contributed by atoms with Crippen molar-refractivity contribution in [2.24, 2.45) is 17.8 Å². The highest BCUT2D eigenvalue weighted by atomic mass is 32.2. The Balaban J connectivity index is 1.37. The molecule has 0 bridgehead atoms. The SMILES string of the molecule is CC(C)C(C(=O)O)N1CC(CN2CCC(CCS(=O)(=O)c3cnccn3)CC2)C(c2cccc(F)c2)C1. The molecule has 2 fully saturated rings. The monoisotopic (exact) mass is 532 g/mol. The van der Waals surface area contributed by atoms with Crippen LogP contribution in [0.2, 0.25) is 0 Å². The molecule has 2 aromatic rings. The van der Waals surface area contributed by atoms with E-state index in [0.717, 1.165) is 38.0 Å². The molecule has 1 N–H and O–H groups in total. The van der Waals surface area contributed by atoms with Crippen LogP contribution in [0.3, 0.4) is 0 Å². The maximum atomic E-state index is 14.1. The van der Waals surface area contributed by atoms with Crippen LogP contribution in [0.1, 0.15) is 44.6 Å². The molecule has 0 aliphatic carbocycles. The second-order valence-electron chi connectivity index (χ2n) is 10.8. The summed E-state index contributed by atoms with van der Waals surface area (Å²) < 4.78 is 39.2. The lowest BCUT2D eigenvalue weighted by Gasteiger charge is -2.35. The number of sulfone groups is 1. The van der Waals surface area contributed by atoms with Gasteiger partial charge in [0.05, 0.1) is 11.9 Å². The molecule has 202 valence electrons. The molecule has 4 rings (SSSR count). The van der Waals surface area contributed by atoms with Gasteiger partial charge < -0.3 is 10.0 Å². The van der Waals surface area contributed by atoms with Gasteiger partial charge in [-0.25, -0.2) is 17.8 Å². The molecule has 2 aliphatic heterocycles. The Morgan fingerprint density at radius 2 is 1.95 bits per heavy atom. The fraction of sp³-hybridized carbons (Fsp3) is 0.593. The highest BCUT2D eigenvalue weighted by Crippen LogP contribution is 2.36. The first-order valence-corrected chi connectivity index (χ1v) is 14.7. The van der Waals surface area contributed by atoms with Crippen molar-refractivity contribution in [2.45, 2.75) is 50.1 Å². The standard InChI is InChI=1S/C27H37FN4O4S/c1-19(2)26(27(33)34)32-17-22(24(18-32)21-4-3-5-23(28)14-21)16-31-11-6-20(7-12-31)8-13-37(35,36)25-15-29-9-10-30-25/h3-5,9-10,14-15,19-20,22,24,26H,6-8,11-13,16-18H2,1-2H3,(H,33,34). The molecule has 37 heavy (non-hydrogen) atoms. The topological polar surface area (TPSA) is 104 Å². The van der Waals surface area contributed by atoms with E-state index in [1.54, 1.807) is 12.1 Å². The lowest BCUT2D eigenvalue weighted by atomic mass is 9.87. The minimum Gasteiger partial charge on any atom is -0.480 e. The zero-order valence-corrected chi connectivity index (χ0v) is 22.4. The van der Waals surface area contributed by atoms with Crippen molar-refractivity contribution in [3.63, 3.8) is 0 Å². The predicted octanol–water partition coefficient (Wildman–Crippen LogP) is 3.32. The minimum atomic E-state index is -3.43. The predicted molar refractivity (Wildman–Crippen MR) is 138 cm³/mol. The Kier molecular flexibility index (Phi) is 8.92. The van der Waals surface area contributed by atoms with Gasteiger partial charge in [-0.1, -0.05) is 26.0 Å². The average Bonchev–Trinajstić information content (AvgIpc) is 3.26. The van der Waals surface area contributed by atoms with E-state index in [2.05, 4.69) is 19.8 Å². The summed E-state index contributed by atoms with van der Waals surface area (Å²) >= 11 is 0. The van der Waals surface area contributed by atoms with E-state index in [1.807, 2.05) is 19.9 Å². The lowest BCUT2D eigenvalue weighted by molar-refractivity contribution is -0.144. The first-order chi connectivity index (χ1) is 17.6. The van der Waals surface area contributed by atoms with E-state index in [1.165, 1.54) is 24.7 Å². The van der Waals surface area contributed by atoms with E-state index in [4.69, 9.17) is 0 Å². The Hall–Kier alpha value is -2.43. The summed E-state index contributed by atoms with van der Waals surface area (Å²) in [5, 5.41) is 9.89. The van der Waals surface area contributed by atoms with Crippen LogP contribution in [0.15, 0.2) is 47.9 Å². The fourth-order valence-corrected chi connectivity index (χ4v) is 7.25. The van der Waals surface area contributed by atoms with Crippen LogP contribution in [0.4, 0.5) is 4.39 Å². The maximum absolute atomic E-state index is 14.1. The summed E-state index contributed by atoms with van der Waals surface area (Å²) in [6.45, 7) is 7.67. The van der Waals surface area contributed by atoms with Gasteiger partial charge in [0.15, 0.2) is 14.9 Å². The number of hydrogen-bond acceptors (Lipinski definition) is 7. The van der Waals surface area contributed by atoms with Crippen molar-refractivity contribution in [3.05, 3.63) is 54.2 Å². The number of likely N-dealkylation sites (tertiary alicyclic amines) is 2. The normalized spacial score (nSPS) is 22.9. The third-order valence-corrected chi connectivity index (χ3v) is 9.50. The van der Waals surface area contributed by atoms with Gasteiger partial charge in [-0.3, -0.25) is 14.7 Å². The largest absolute Gasteiger partial charge is 0.480 e. The zero-order chi connectivity index (χ0) is 26.6. The number of piperidine rings is 1. The molecule has 2 saturated heterocycles. The maximum Gasteiger partial charge on any atom is 0.321 e. The summed E-state index contributed by atoms with van der Waals surface area (Å²) in [5.41, 5.74) is 0.921. The number of halogens is 1. The average molecular weight is 533 g/mol. The Bertz CT molecular complexity index is 1160. The van der Waals surface area contributed by atoms with E-state index >= 15 is 0 Å². The molecule has 0 radical (unpaired) electrons. The number of nitrogens with zero attached hydrogens (tertiary/aromatic N) is 4. The van der Waals surface area contributed by atoms with Crippen LogP contribution >= 0.6 is 0 Å². The number of carbonyl (C=O) groups is 1. The summed E-state index contributed by atoms with van der Waals surface area (Å²) in [4.78, 5) is 24.3. The Morgan fingerprint density at radius 1 is 1.19 bits per heavy atom. The molecule has 8 nitrogen and oxygen atoms in total. The molecule has 3 heterocycles. The van der Waals surface area contributed by atoms with E-state index in [0.29, 0.717) is 25.4 Å². The third kappa shape index (κ3) is 6.91. The van der Waals surface area contributed by atoms with Crippen molar-refractivity contribution in [1.82, 2.24) is 19.8 Å². The molecule has 3 unspecified atom stereocenters. The van der Waals surface area contributed by atoms with Gasteiger partial charge in [0.2, 0.25) is 0 Å². The molecule has 1 aromatic carbocycles. The minimum absolute atomic E-state index is 0.0294. The van der Waals surface area contributed by atoms with Crippen molar-refractivity contribution < 1.29 is 22.7 Å². The first-order valence-electron chi connectivity index (χ1n) is 13.1. The molecule has 3 atom stereocenters. The fourth-order valence-electron chi connectivity index (χ4n) is 5.96. The second-order valence-corrected chi connectivity index (χ2v) is 12.9. The zero-order valence-electron chi connectivity index (χ0n) is 21.5. The van der Waals surface area contributed by atoms with Gasteiger partial charge >= 0.3 is 5.97 Å². The van der Waals surface area contributed by atoms with E-state index in [-0.39, 0.29) is 34.3 Å². The number of hydrogen-bond donors (Lipinski definition) is 1. The van der Waals surface area contributed by atoms with Gasteiger partial charge in [-0.15, -0.1) is 0 Å². The summed E-state index contributed by atoms with van der Waals surface area (Å²) in [5.74, 6) is -0.461. The van der Waals surface area contributed by atoms with Gasteiger partial charge in [0, 0.05) is 37.9 Å². The number of benzene rings is 1. The molecule has 0 saturated carbocycles.